The van der Waals surface area contributed by atoms with Crippen LogP contribution >= 0.6 is 0 Å². The van der Waals surface area contributed by atoms with Crippen molar-refractivity contribution < 1.29 is 14.3 Å². The van der Waals surface area contributed by atoms with Crippen molar-refractivity contribution in [3.8, 4) is 11.6 Å². The molecule has 2 aromatic rings. The molecule has 0 aliphatic heterocycles. The highest BCUT2D eigenvalue weighted by molar-refractivity contribution is 5.76. The summed E-state index contributed by atoms with van der Waals surface area (Å²) in [5.74, 6) is 1.44. The van der Waals surface area contributed by atoms with E-state index in [-0.39, 0.29) is 12.0 Å². The van der Waals surface area contributed by atoms with E-state index < -0.39 is 0 Å². The van der Waals surface area contributed by atoms with Crippen molar-refractivity contribution >= 4 is 5.91 Å². The monoisotopic (exact) mass is 328 g/mol. The summed E-state index contributed by atoms with van der Waals surface area (Å²) in [7, 11) is 1.64. The van der Waals surface area contributed by atoms with Gasteiger partial charge in [0.25, 0.3) is 0 Å². The largest absolute Gasteiger partial charge is 0.497 e. The predicted octanol–water partition coefficient (Wildman–Crippen LogP) is 3.13. The first-order valence-corrected chi connectivity index (χ1v) is 8.08. The Morgan fingerprint density at radius 3 is 2.42 bits per heavy atom. The molecule has 2 rings (SSSR count). The standard InChI is InChI=1S/C19H24N2O3/c1-14(2)24-19-11-7-16(13-21-19)12-20-18(22)10-6-15-4-8-17(23-3)9-5-15/h4-5,7-9,11,13-14H,6,10,12H2,1-3H3,(H,20,22). The van der Waals surface area contributed by atoms with Crippen molar-refractivity contribution in [2.24, 2.45) is 0 Å². The maximum atomic E-state index is 11.9. The normalized spacial score (nSPS) is 10.5. The number of ether oxygens (including phenoxy) is 2. The van der Waals surface area contributed by atoms with Gasteiger partial charge in [-0.05, 0) is 43.5 Å². The van der Waals surface area contributed by atoms with Gasteiger partial charge in [0, 0.05) is 25.2 Å². The van der Waals surface area contributed by atoms with Crippen molar-refractivity contribution in [1.29, 1.82) is 0 Å². The Balaban J connectivity index is 1.74. The molecule has 1 aromatic carbocycles. The van der Waals surface area contributed by atoms with E-state index in [9.17, 15) is 4.79 Å². The fraction of sp³-hybridized carbons (Fsp3) is 0.368. The summed E-state index contributed by atoms with van der Waals surface area (Å²) in [6, 6.07) is 11.5. The van der Waals surface area contributed by atoms with Gasteiger partial charge in [-0.2, -0.15) is 0 Å². The fourth-order valence-corrected chi connectivity index (χ4v) is 2.17. The lowest BCUT2D eigenvalue weighted by atomic mass is 10.1. The van der Waals surface area contributed by atoms with Crippen LogP contribution in [-0.4, -0.2) is 24.1 Å². The molecule has 0 fully saturated rings. The van der Waals surface area contributed by atoms with E-state index in [0.29, 0.717) is 25.3 Å². The van der Waals surface area contributed by atoms with Crippen LogP contribution in [0.25, 0.3) is 0 Å². The summed E-state index contributed by atoms with van der Waals surface area (Å²) in [5.41, 5.74) is 2.06. The number of aryl methyl sites for hydroxylation is 1. The van der Waals surface area contributed by atoms with Crippen LogP contribution in [0.4, 0.5) is 0 Å². The number of methoxy groups -OCH3 is 1. The molecule has 0 saturated heterocycles. The summed E-state index contributed by atoms with van der Waals surface area (Å²) in [4.78, 5) is 16.2. The Morgan fingerprint density at radius 1 is 1.12 bits per heavy atom. The van der Waals surface area contributed by atoms with E-state index in [1.165, 1.54) is 0 Å². The number of amides is 1. The zero-order valence-electron chi connectivity index (χ0n) is 14.4. The third-order valence-electron chi connectivity index (χ3n) is 3.44. The van der Waals surface area contributed by atoms with Crippen molar-refractivity contribution in [2.75, 3.05) is 7.11 Å². The van der Waals surface area contributed by atoms with Gasteiger partial charge in [-0.25, -0.2) is 4.98 Å². The number of nitrogens with one attached hydrogen (secondary N) is 1. The minimum absolute atomic E-state index is 0.0216. The molecular formula is C19H24N2O3. The fourth-order valence-electron chi connectivity index (χ4n) is 2.17. The van der Waals surface area contributed by atoms with Gasteiger partial charge < -0.3 is 14.8 Å². The lowest BCUT2D eigenvalue weighted by molar-refractivity contribution is -0.121. The van der Waals surface area contributed by atoms with E-state index in [4.69, 9.17) is 9.47 Å². The quantitative estimate of drug-likeness (QED) is 0.809. The van der Waals surface area contributed by atoms with Crippen molar-refractivity contribution in [3.63, 3.8) is 0 Å². The smallest absolute Gasteiger partial charge is 0.220 e. The maximum Gasteiger partial charge on any atom is 0.220 e. The Kier molecular flexibility index (Phi) is 6.61. The number of pyridine rings is 1. The van der Waals surface area contributed by atoms with E-state index in [2.05, 4.69) is 10.3 Å². The van der Waals surface area contributed by atoms with Crippen molar-refractivity contribution in [2.45, 2.75) is 39.3 Å². The maximum absolute atomic E-state index is 11.9. The highest BCUT2D eigenvalue weighted by Crippen LogP contribution is 2.13. The molecule has 0 spiro atoms. The number of carbonyl (C=O) groups excluding carboxylic acids is 1. The van der Waals surface area contributed by atoms with Gasteiger partial charge in [-0.15, -0.1) is 0 Å². The van der Waals surface area contributed by atoms with Gasteiger partial charge in [-0.1, -0.05) is 18.2 Å². The SMILES string of the molecule is COc1ccc(CCC(=O)NCc2ccc(OC(C)C)nc2)cc1. The lowest BCUT2D eigenvalue weighted by Crippen LogP contribution is -2.23. The first-order chi connectivity index (χ1) is 11.6. The molecule has 0 unspecified atom stereocenters. The van der Waals surface area contributed by atoms with Crippen LogP contribution in [0.3, 0.4) is 0 Å². The number of hydrogen-bond acceptors (Lipinski definition) is 4. The third-order valence-corrected chi connectivity index (χ3v) is 3.44. The summed E-state index contributed by atoms with van der Waals surface area (Å²) in [5, 5.41) is 2.91. The molecule has 1 N–H and O–H groups in total. The summed E-state index contributed by atoms with van der Waals surface area (Å²) in [6.45, 7) is 4.38. The molecular weight excluding hydrogens is 304 g/mol. The second kappa shape index (κ2) is 8.91. The van der Waals surface area contributed by atoms with Crippen LogP contribution in [0, 0.1) is 0 Å². The number of aromatic nitrogens is 1. The number of carbonyl (C=O) groups is 1. The average molecular weight is 328 g/mol. The highest BCUT2D eigenvalue weighted by Gasteiger charge is 2.04. The van der Waals surface area contributed by atoms with Crippen LogP contribution in [0.15, 0.2) is 42.6 Å². The molecule has 1 aromatic heterocycles. The summed E-state index contributed by atoms with van der Waals surface area (Å²) in [6.07, 6.45) is 2.98. The number of hydrogen-bond donors (Lipinski definition) is 1. The topological polar surface area (TPSA) is 60.5 Å². The summed E-state index contributed by atoms with van der Waals surface area (Å²) < 4.78 is 10.6. The van der Waals surface area contributed by atoms with Crippen molar-refractivity contribution in [1.82, 2.24) is 10.3 Å². The number of nitrogens with zero attached hydrogens (tertiary/aromatic N) is 1. The predicted molar refractivity (Wildman–Crippen MR) is 93.2 cm³/mol. The van der Waals surface area contributed by atoms with Crippen LogP contribution in [0.5, 0.6) is 11.6 Å². The molecule has 0 bridgehead atoms. The Labute approximate surface area is 143 Å². The minimum Gasteiger partial charge on any atom is -0.497 e. The molecule has 1 heterocycles. The van der Waals surface area contributed by atoms with Gasteiger partial charge in [0.1, 0.15) is 5.75 Å². The van der Waals surface area contributed by atoms with Crippen molar-refractivity contribution in [3.05, 3.63) is 53.7 Å². The van der Waals surface area contributed by atoms with Gasteiger partial charge in [0.15, 0.2) is 0 Å². The van der Waals surface area contributed by atoms with E-state index in [1.807, 2.05) is 50.2 Å². The van der Waals surface area contributed by atoms with E-state index >= 15 is 0 Å². The Bertz CT molecular complexity index is 637. The molecule has 5 nitrogen and oxygen atoms in total. The number of benzene rings is 1. The van der Waals surface area contributed by atoms with Crippen LogP contribution < -0.4 is 14.8 Å². The van der Waals surface area contributed by atoms with Gasteiger partial charge in [0.05, 0.1) is 13.2 Å². The zero-order valence-corrected chi connectivity index (χ0v) is 14.4. The molecule has 0 aliphatic rings. The molecule has 128 valence electrons. The molecule has 0 saturated carbocycles. The van der Waals surface area contributed by atoms with E-state index in [1.54, 1.807) is 13.3 Å². The molecule has 1 amide bonds. The summed E-state index contributed by atoms with van der Waals surface area (Å²) >= 11 is 0. The van der Waals surface area contributed by atoms with Gasteiger partial charge in [0.2, 0.25) is 11.8 Å². The van der Waals surface area contributed by atoms with Crippen LogP contribution in [0.2, 0.25) is 0 Å². The lowest BCUT2D eigenvalue weighted by Gasteiger charge is -2.09. The van der Waals surface area contributed by atoms with E-state index in [0.717, 1.165) is 16.9 Å². The highest BCUT2D eigenvalue weighted by atomic mass is 16.5. The molecule has 5 heteroatoms. The zero-order chi connectivity index (χ0) is 17.4. The third kappa shape index (κ3) is 5.91. The Morgan fingerprint density at radius 2 is 1.83 bits per heavy atom. The number of rotatable bonds is 8. The molecule has 0 aliphatic carbocycles. The molecule has 24 heavy (non-hydrogen) atoms. The van der Waals surface area contributed by atoms with Gasteiger partial charge >= 0.3 is 0 Å². The van der Waals surface area contributed by atoms with Crippen LogP contribution in [0.1, 0.15) is 31.4 Å². The first kappa shape index (κ1) is 17.8. The minimum atomic E-state index is 0.0216. The second-order valence-electron chi connectivity index (χ2n) is 5.80. The molecule has 0 atom stereocenters. The average Bonchev–Trinajstić information content (AvgIpc) is 2.59. The van der Waals surface area contributed by atoms with Gasteiger partial charge in [-0.3, -0.25) is 4.79 Å². The first-order valence-electron chi connectivity index (χ1n) is 8.08. The van der Waals surface area contributed by atoms with Crippen LogP contribution in [-0.2, 0) is 17.8 Å². The molecule has 0 radical (unpaired) electrons. The Hall–Kier alpha value is -2.56. The second-order valence-corrected chi connectivity index (χ2v) is 5.80.